The van der Waals surface area contributed by atoms with Crippen LogP contribution in [0.2, 0.25) is 0 Å². The van der Waals surface area contributed by atoms with Gasteiger partial charge in [0.1, 0.15) is 5.01 Å². The molecule has 1 saturated heterocycles. The van der Waals surface area contributed by atoms with Crippen LogP contribution < -0.4 is 4.90 Å². The number of piperazine rings is 1. The minimum absolute atomic E-state index is 0.406. The molecule has 3 rings (SSSR count). The smallest absolute Gasteiger partial charge is 0.243 e. The summed E-state index contributed by atoms with van der Waals surface area (Å²) in [5.41, 5.74) is 1.87. The largest absolute Gasteiger partial charge is 0.344 e. The SMILES string of the molecule is Cc1ccc(S(=O)(=O)N2CCN(c3nnc(C)s3)CC2)c(C)c1. The maximum atomic E-state index is 12.8. The number of benzene rings is 1. The van der Waals surface area contributed by atoms with E-state index in [1.54, 1.807) is 10.4 Å². The number of aryl methyl sites for hydroxylation is 3. The van der Waals surface area contributed by atoms with E-state index in [0.29, 0.717) is 31.1 Å². The van der Waals surface area contributed by atoms with Crippen molar-refractivity contribution in [2.45, 2.75) is 25.7 Å². The van der Waals surface area contributed by atoms with Gasteiger partial charge >= 0.3 is 0 Å². The van der Waals surface area contributed by atoms with Crippen LogP contribution in [0.15, 0.2) is 23.1 Å². The van der Waals surface area contributed by atoms with Crippen LogP contribution in [0.25, 0.3) is 0 Å². The van der Waals surface area contributed by atoms with Crippen LogP contribution in [-0.4, -0.2) is 49.1 Å². The Hall–Kier alpha value is -1.51. The lowest BCUT2D eigenvalue weighted by Crippen LogP contribution is -2.48. The van der Waals surface area contributed by atoms with Crippen LogP contribution in [0.5, 0.6) is 0 Å². The molecule has 0 spiro atoms. The van der Waals surface area contributed by atoms with Gasteiger partial charge in [0, 0.05) is 26.2 Å². The molecule has 0 amide bonds. The first-order valence-electron chi connectivity index (χ1n) is 7.50. The van der Waals surface area contributed by atoms with Crippen molar-refractivity contribution in [1.29, 1.82) is 0 Å². The molecule has 2 aromatic rings. The van der Waals surface area contributed by atoms with E-state index in [4.69, 9.17) is 0 Å². The molecule has 1 aromatic carbocycles. The zero-order valence-electron chi connectivity index (χ0n) is 13.5. The van der Waals surface area contributed by atoms with Crippen LogP contribution in [0.1, 0.15) is 16.1 Å². The van der Waals surface area contributed by atoms with Gasteiger partial charge in [-0.25, -0.2) is 8.42 Å². The molecule has 0 bridgehead atoms. The van der Waals surface area contributed by atoms with Gasteiger partial charge in [0.15, 0.2) is 0 Å². The first kappa shape index (κ1) is 16.4. The molecule has 124 valence electrons. The molecule has 1 aliphatic heterocycles. The van der Waals surface area contributed by atoms with Crippen LogP contribution in [0.4, 0.5) is 5.13 Å². The van der Waals surface area contributed by atoms with Gasteiger partial charge in [0.2, 0.25) is 15.2 Å². The van der Waals surface area contributed by atoms with E-state index in [9.17, 15) is 8.42 Å². The molecule has 1 aromatic heterocycles. The Morgan fingerprint density at radius 2 is 1.74 bits per heavy atom. The van der Waals surface area contributed by atoms with Crippen molar-refractivity contribution in [3.63, 3.8) is 0 Å². The summed E-state index contributed by atoms with van der Waals surface area (Å²) in [6, 6.07) is 5.47. The predicted molar refractivity (Wildman–Crippen MR) is 91.5 cm³/mol. The Balaban J connectivity index is 1.76. The number of sulfonamides is 1. The molecule has 8 heteroatoms. The average Bonchev–Trinajstić information content (AvgIpc) is 2.93. The molecule has 23 heavy (non-hydrogen) atoms. The average molecular weight is 352 g/mol. The summed E-state index contributed by atoms with van der Waals surface area (Å²) in [6.45, 7) is 7.94. The molecule has 1 fully saturated rings. The van der Waals surface area contributed by atoms with Crippen molar-refractivity contribution >= 4 is 26.5 Å². The summed E-state index contributed by atoms with van der Waals surface area (Å²) in [6.07, 6.45) is 0. The molecule has 0 saturated carbocycles. The maximum Gasteiger partial charge on any atom is 0.243 e. The first-order valence-corrected chi connectivity index (χ1v) is 9.76. The summed E-state index contributed by atoms with van der Waals surface area (Å²) in [5, 5.41) is 9.95. The Bertz CT molecular complexity index is 809. The number of rotatable bonds is 3. The molecule has 0 atom stereocenters. The lowest BCUT2D eigenvalue weighted by Gasteiger charge is -2.33. The highest BCUT2D eigenvalue weighted by molar-refractivity contribution is 7.89. The Morgan fingerprint density at radius 3 is 2.30 bits per heavy atom. The number of anilines is 1. The first-order chi connectivity index (χ1) is 10.9. The van der Waals surface area contributed by atoms with E-state index in [1.165, 1.54) is 11.3 Å². The van der Waals surface area contributed by atoms with Crippen LogP contribution in [0, 0.1) is 20.8 Å². The summed E-state index contributed by atoms with van der Waals surface area (Å²) in [4.78, 5) is 2.50. The van der Waals surface area contributed by atoms with Gasteiger partial charge in [-0.15, -0.1) is 10.2 Å². The van der Waals surface area contributed by atoms with Gasteiger partial charge in [-0.05, 0) is 32.4 Å². The molecule has 1 aliphatic rings. The fourth-order valence-electron chi connectivity index (χ4n) is 2.76. The fourth-order valence-corrected chi connectivity index (χ4v) is 5.13. The number of hydrogen-bond donors (Lipinski definition) is 0. The standard InChI is InChI=1S/C15H20N4O2S2/c1-11-4-5-14(12(2)10-11)23(20,21)19-8-6-18(7-9-19)15-17-16-13(3)22-15/h4-5,10H,6-9H2,1-3H3. The number of aromatic nitrogens is 2. The Morgan fingerprint density at radius 1 is 1.04 bits per heavy atom. The number of hydrogen-bond acceptors (Lipinski definition) is 6. The van der Waals surface area contributed by atoms with Crippen molar-refractivity contribution in [3.8, 4) is 0 Å². The monoisotopic (exact) mass is 352 g/mol. The second kappa shape index (κ2) is 6.18. The quantitative estimate of drug-likeness (QED) is 0.845. The van der Waals surface area contributed by atoms with E-state index in [-0.39, 0.29) is 0 Å². The maximum absolute atomic E-state index is 12.8. The van der Waals surface area contributed by atoms with Gasteiger partial charge < -0.3 is 4.90 Å². The Labute approximate surface area is 140 Å². The molecule has 0 N–H and O–H groups in total. The van der Waals surface area contributed by atoms with Crippen molar-refractivity contribution < 1.29 is 8.42 Å². The fraction of sp³-hybridized carbons (Fsp3) is 0.467. The van der Waals surface area contributed by atoms with Crippen molar-refractivity contribution in [1.82, 2.24) is 14.5 Å². The van der Waals surface area contributed by atoms with E-state index in [0.717, 1.165) is 21.3 Å². The molecular weight excluding hydrogens is 332 g/mol. The Kier molecular flexibility index (Phi) is 4.39. The highest BCUT2D eigenvalue weighted by atomic mass is 32.2. The lowest BCUT2D eigenvalue weighted by atomic mass is 10.2. The van der Waals surface area contributed by atoms with Crippen molar-refractivity contribution in [3.05, 3.63) is 34.3 Å². The molecule has 0 unspecified atom stereocenters. The zero-order valence-corrected chi connectivity index (χ0v) is 15.1. The highest BCUT2D eigenvalue weighted by Crippen LogP contribution is 2.25. The minimum Gasteiger partial charge on any atom is -0.344 e. The summed E-state index contributed by atoms with van der Waals surface area (Å²) >= 11 is 1.54. The molecule has 6 nitrogen and oxygen atoms in total. The van der Waals surface area contributed by atoms with E-state index >= 15 is 0 Å². The van der Waals surface area contributed by atoms with Gasteiger partial charge in [-0.3, -0.25) is 0 Å². The lowest BCUT2D eigenvalue weighted by molar-refractivity contribution is 0.384. The van der Waals surface area contributed by atoms with Crippen molar-refractivity contribution in [2.24, 2.45) is 0 Å². The summed E-state index contributed by atoms with van der Waals surface area (Å²) in [7, 11) is -3.44. The third-order valence-electron chi connectivity index (χ3n) is 3.97. The predicted octanol–water partition coefficient (Wildman–Crippen LogP) is 1.97. The van der Waals surface area contributed by atoms with Crippen LogP contribution in [0.3, 0.4) is 0 Å². The zero-order chi connectivity index (χ0) is 16.6. The molecular formula is C15H20N4O2S2. The van der Waals surface area contributed by atoms with E-state index < -0.39 is 10.0 Å². The molecule has 0 radical (unpaired) electrons. The third-order valence-corrected chi connectivity index (χ3v) is 6.93. The topological polar surface area (TPSA) is 66.4 Å². The summed E-state index contributed by atoms with van der Waals surface area (Å²) < 4.78 is 27.3. The van der Waals surface area contributed by atoms with Gasteiger partial charge in [0.25, 0.3) is 0 Å². The highest BCUT2D eigenvalue weighted by Gasteiger charge is 2.30. The summed E-state index contributed by atoms with van der Waals surface area (Å²) in [5.74, 6) is 0. The van der Waals surface area contributed by atoms with Gasteiger partial charge in [-0.2, -0.15) is 4.31 Å². The molecule has 2 heterocycles. The van der Waals surface area contributed by atoms with E-state index in [1.807, 2.05) is 32.9 Å². The van der Waals surface area contributed by atoms with E-state index in [2.05, 4.69) is 15.1 Å². The van der Waals surface area contributed by atoms with Gasteiger partial charge in [0.05, 0.1) is 4.90 Å². The van der Waals surface area contributed by atoms with Crippen LogP contribution in [-0.2, 0) is 10.0 Å². The van der Waals surface area contributed by atoms with Crippen LogP contribution >= 0.6 is 11.3 Å². The second-order valence-corrected chi connectivity index (χ2v) is 8.83. The van der Waals surface area contributed by atoms with Gasteiger partial charge in [-0.1, -0.05) is 29.0 Å². The normalized spacial score (nSPS) is 16.7. The number of nitrogens with zero attached hydrogens (tertiary/aromatic N) is 4. The molecule has 0 aliphatic carbocycles. The minimum atomic E-state index is -3.44. The van der Waals surface area contributed by atoms with Crippen molar-refractivity contribution in [2.75, 3.05) is 31.1 Å². The third kappa shape index (κ3) is 3.24. The second-order valence-electron chi connectivity index (χ2n) is 5.76.